The second-order valence-corrected chi connectivity index (χ2v) is 6.90. The molecule has 8 heteroatoms. The second-order valence-electron chi connectivity index (χ2n) is 6.90. The minimum atomic E-state index is -0.556. The Morgan fingerprint density at radius 2 is 2.17 bits per heavy atom. The number of ether oxygens (including phenoxy) is 1. The number of aromatic nitrogens is 2. The molecule has 1 aliphatic heterocycles. The summed E-state index contributed by atoms with van der Waals surface area (Å²) < 4.78 is 5.39. The summed E-state index contributed by atoms with van der Waals surface area (Å²) in [5.74, 6) is -0.0517. The van der Waals surface area contributed by atoms with E-state index in [1.54, 1.807) is 11.8 Å². The highest BCUT2D eigenvalue weighted by atomic mass is 16.6. The van der Waals surface area contributed by atoms with Crippen molar-refractivity contribution in [1.82, 2.24) is 20.2 Å². The predicted octanol–water partition coefficient (Wildman–Crippen LogP) is 1.21. The molecule has 24 heavy (non-hydrogen) atoms. The van der Waals surface area contributed by atoms with Gasteiger partial charge in [-0.1, -0.05) is 0 Å². The number of nitrogens with one attached hydrogen (secondary N) is 2. The van der Waals surface area contributed by atoms with Crippen molar-refractivity contribution in [1.29, 1.82) is 0 Å². The van der Waals surface area contributed by atoms with Gasteiger partial charge in [0.15, 0.2) is 0 Å². The van der Waals surface area contributed by atoms with Gasteiger partial charge < -0.3 is 19.9 Å². The predicted molar refractivity (Wildman–Crippen MR) is 87.9 cm³/mol. The van der Waals surface area contributed by atoms with Gasteiger partial charge in [0.2, 0.25) is 0 Å². The highest BCUT2D eigenvalue weighted by Gasteiger charge is 2.32. The Labute approximate surface area is 140 Å². The molecule has 2 amide bonds. The van der Waals surface area contributed by atoms with E-state index in [9.17, 15) is 14.4 Å². The van der Waals surface area contributed by atoms with Gasteiger partial charge in [-0.05, 0) is 40.5 Å². The van der Waals surface area contributed by atoms with Crippen LogP contribution in [0.5, 0.6) is 0 Å². The van der Waals surface area contributed by atoms with Crippen LogP contribution >= 0.6 is 0 Å². The molecule has 1 unspecified atom stereocenters. The number of carbonyl (C=O) groups is 2. The maximum absolute atomic E-state index is 12.2. The van der Waals surface area contributed by atoms with Gasteiger partial charge in [-0.3, -0.25) is 9.59 Å². The normalized spacial score (nSPS) is 17.7. The Morgan fingerprint density at radius 1 is 1.46 bits per heavy atom. The van der Waals surface area contributed by atoms with E-state index in [-0.39, 0.29) is 23.4 Å². The minimum Gasteiger partial charge on any atom is -0.444 e. The van der Waals surface area contributed by atoms with Gasteiger partial charge >= 0.3 is 6.09 Å². The van der Waals surface area contributed by atoms with Gasteiger partial charge in [0.1, 0.15) is 17.1 Å². The quantitative estimate of drug-likeness (QED) is 0.863. The summed E-state index contributed by atoms with van der Waals surface area (Å²) in [4.78, 5) is 43.9. The molecule has 0 saturated carbocycles. The van der Waals surface area contributed by atoms with E-state index >= 15 is 0 Å². The van der Waals surface area contributed by atoms with Crippen molar-refractivity contribution >= 4 is 12.0 Å². The summed E-state index contributed by atoms with van der Waals surface area (Å²) >= 11 is 0. The van der Waals surface area contributed by atoms with Gasteiger partial charge in [-0.25, -0.2) is 9.78 Å². The number of H-pyrrole nitrogens is 1. The molecule has 8 nitrogen and oxygen atoms in total. The molecule has 132 valence electrons. The standard InChI is InChI=1S/C16H24N4O4/c1-10-18-12(8-13(21)19-10)14(22)17-9-11-6-5-7-20(11)15(23)24-16(2,3)4/h8,11H,5-7,9H2,1-4H3,(H,17,22)(H,18,19,21). The summed E-state index contributed by atoms with van der Waals surface area (Å²) in [7, 11) is 0. The Bertz CT molecular complexity index is 677. The number of aryl methyl sites for hydroxylation is 1. The molecule has 1 aromatic rings. The smallest absolute Gasteiger partial charge is 0.410 e. The van der Waals surface area contributed by atoms with Crippen molar-refractivity contribution in [2.24, 2.45) is 0 Å². The lowest BCUT2D eigenvalue weighted by molar-refractivity contribution is 0.0225. The third-order valence-corrected chi connectivity index (χ3v) is 3.60. The van der Waals surface area contributed by atoms with Crippen LogP contribution < -0.4 is 10.9 Å². The molecule has 1 aromatic heterocycles. The monoisotopic (exact) mass is 336 g/mol. The van der Waals surface area contributed by atoms with E-state index in [0.29, 0.717) is 18.9 Å². The number of hydrogen-bond acceptors (Lipinski definition) is 5. The summed E-state index contributed by atoms with van der Waals surface area (Å²) in [6, 6.07) is 1.04. The Morgan fingerprint density at radius 3 is 2.79 bits per heavy atom. The van der Waals surface area contributed by atoms with Gasteiger partial charge in [-0.2, -0.15) is 0 Å². The zero-order valence-corrected chi connectivity index (χ0v) is 14.5. The van der Waals surface area contributed by atoms with Crippen LogP contribution in [0.15, 0.2) is 10.9 Å². The second kappa shape index (κ2) is 7.02. The fourth-order valence-corrected chi connectivity index (χ4v) is 2.61. The van der Waals surface area contributed by atoms with Crippen molar-refractivity contribution in [3.05, 3.63) is 27.9 Å². The SMILES string of the molecule is Cc1nc(C(=O)NCC2CCCN2C(=O)OC(C)(C)C)cc(=O)[nH]1. The van der Waals surface area contributed by atoms with Crippen LogP contribution in [0.2, 0.25) is 0 Å². The Kier molecular flexibility index (Phi) is 5.26. The molecule has 0 radical (unpaired) electrons. The van der Waals surface area contributed by atoms with E-state index in [1.165, 1.54) is 0 Å². The van der Waals surface area contributed by atoms with Crippen molar-refractivity contribution in [3.63, 3.8) is 0 Å². The molecule has 1 aliphatic rings. The van der Waals surface area contributed by atoms with Crippen LogP contribution in [-0.2, 0) is 4.74 Å². The lowest BCUT2D eigenvalue weighted by Gasteiger charge is -2.28. The molecule has 0 bridgehead atoms. The molecule has 2 heterocycles. The van der Waals surface area contributed by atoms with Crippen LogP contribution in [0.25, 0.3) is 0 Å². The van der Waals surface area contributed by atoms with E-state index in [4.69, 9.17) is 4.74 Å². The zero-order chi connectivity index (χ0) is 17.9. The molecule has 1 atom stereocenters. The number of aromatic amines is 1. The van der Waals surface area contributed by atoms with Crippen LogP contribution in [-0.4, -0.2) is 51.6 Å². The van der Waals surface area contributed by atoms with Crippen LogP contribution in [0.3, 0.4) is 0 Å². The molecule has 0 aromatic carbocycles. The maximum atomic E-state index is 12.2. The lowest BCUT2D eigenvalue weighted by Crippen LogP contribution is -2.45. The molecular weight excluding hydrogens is 312 g/mol. The Balaban J connectivity index is 1.96. The molecule has 0 aliphatic carbocycles. The highest BCUT2D eigenvalue weighted by Crippen LogP contribution is 2.20. The lowest BCUT2D eigenvalue weighted by atomic mass is 10.2. The van der Waals surface area contributed by atoms with Gasteiger partial charge in [-0.15, -0.1) is 0 Å². The number of nitrogens with zero attached hydrogens (tertiary/aromatic N) is 2. The first kappa shape index (κ1) is 18.0. The van der Waals surface area contributed by atoms with Crippen molar-refractivity contribution in [2.45, 2.75) is 52.2 Å². The molecule has 1 fully saturated rings. The number of likely N-dealkylation sites (tertiary alicyclic amines) is 1. The first-order chi connectivity index (χ1) is 11.2. The summed E-state index contributed by atoms with van der Waals surface area (Å²) in [6.07, 6.45) is 1.29. The first-order valence-corrected chi connectivity index (χ1v) is 8.01. The maximum Gasteiger partial charge on any atom is 0.410 e. The third kappa shape index (κ3) is 4.81. The summed E-state index contributed by atoms with van der Waals surface area (Å²) in [5, 5.41) is 2.74. The van der Waals surface area contributed by atoms with Crippen LogP contribution in [0.4, 0.5) is 4.79 Å². The molecule has 2 rings (SSSR count). The van der Waals surface area contributed by atoms with E-state index < -0.39 is 11.5 Å². The molecule has 0 spiro atoms. The summed E-state index contributed by atoms with van der Waals surface area (Å²) in [5.41, 5.74) is -0.859. The zero-order valence-electron chi connectivity index (χ0n) is 14.5. The largest absolute Gasteiger partial charge is 0.444 e. The van der Waals surface area contributed by atoms with Gasteiger partial charge in [0.05, 0.1) is 6.04 Å². The van der Waals surface area contributed by atoms with Crippen molar-refractivity contribution in [2.75, 3.05) is 13.1 Å². The number of amides is 2. The van der Waals surface area contributed by atoms with Crippen molar-refractivity contribution in [3.8, 4) is 0 Å². The summed E-state index contributed by atoms with van der Waals surface area (Å²) in [6.45, 7) is 7.97. The first-order valence-electron chi connectivity index (χ1n) is 8.01. The van der Waals surface area contributed by atoms with Crippen molar-refractivity contribution < 1.29 is 14.3 Å². The average molecular weight is 336 g/mol. The average Bonchev–Trinajstić information content (AvgIpc) is 2.90. The fraction of sp³-hybridized carbons (Fsp3) is 0.625. The molecule has 2 N–H and O–H groups in total. The third-order valence-electron chi connectivity index (χ3n) is 3.60. The van der Waals surface area contributed by atoms with E-state index in [0.717, 1.165) is 18.9 Å². The molecular formula is C16H24N4O4. The number of hydrogen-bond donors (Lipinski definition) is 2. The number of rotatable bonds is 3. The van der Waals surface area contributed by atoms with Gasteiger partial charge in [0, 0.05) is 19.2 Å². The minimum absolute atomic E-state index is 0.0677. The molecule has 1 saturated heterocycles. The fourth-order valence-electron chi connectivity index (χ4n) is 2.61. The topological polar surface area (TPSA) is 104 Å². The van der Waals surface area contributed by atoms with Crippen LogP contribution in [0, 0.1) is 6.92 Å². The van der Waals surface area contributed by atoms with Crippen LogP contribution in [0.1, 0.15) is 49.9 Å². The number of carbonyl (C=O) groups excluding carboxylic acids is 2. The highest BCUT2D eigenvalue weighted by molar-refractivity contribution is 5.92. The Hall–Kier alpha value is -2.38. The van der Waals surface area contributed by atoms with E-state index in [2.05, 4.69) is 15.3 Å². The van der Waals surface area contributed by atoms with E-state index in [1.807, 2.05) is 20.8 Å². The van der Waals surface area contributed by atoms with Gasteiger partial charge in [0.25, 0.3) is 11.5 Å².